The number of unbranched alkanes of at least 4 members (excludes halogenated alkanes) is 1. The molecule has 3 atom stereocenters. The molecule has 18 heavy (non-hydrogen) atoms. The molecular formula is C15H28N2O. The third kappa shape index (κ3) is 3.25. The van der Waals surface area contributed by atoms with Gasteiger partial charge in [0, 0.05) is 6.54 Å². The Morgan fingerprint density at radius 2 is 2.11 bits per heavy atom. The number of nitrogens with one attached hydrogen (secondary N) is 1. The molecule has 0 aromatic heterocycles. The standard InChI is InChI=1S/C15H28N2O/c1-3-4-9-14-15(18)17(11-16-14)10-13-8-6-5-7-12(13)2/h12-14,16H,3-11H2,1-2H3. The molecule has 1 heterocycles. The van der Waals surface area contributed by atoms with Crippen LogP contribution in [0.2, 0.25) is 0 Å². The van der Waals surface area contributed by atoms with E-state index in [1.807, 2.05) is 0 Å². The molecule has 0 aromatic rings. The highest BCUT2D eigenvalue weighted by atomic mass is 16.2. The Hall–Kier alpha value is -0.570. The molecule has 2 fully saturated rings. The van der Waals surface area contributed by atoms with Gasteiger partial charge < -0.3 is 4.90 Å². The van der Waals surface area contributed by atoms with Crippen LogP contribution in [0.3, 0.4) is 0 Å². The number of hydrogen-bond donors (Lipinski definition) is 1. The van der Waals surface area contributed by atoms with Crippen molar-refractivity contribution in [3.8, 4) is 0 Å². The lowest BCUT2D eigenvalue weighted by Crippen LogP contribution is -2.36. The molecule has 0 radical (unpaired) electrons. The Morgan fingerprint density at radius 1 is 1.33 bits per heavy atom. The van der Waals surface area contributed by atoms with Crippen LogP contribution < -0.4 is 5.32 Å². The lowest BCUT2D eigenvalue weighted by atomic mass is 9.80. The van der Waals surface area contributed by atoms with Crippen LogP contribution >= 0.6 is 0 Å². The molecule has 1 aliphatic heterocycles. The van der Waals surface area contributed by atoms with Crippen LogP contribution in [0.4, 0.5) is 0 Å². The van der Waals surface area contributed by atoms with E-state index in [-0.39, 0.29) is 6.04 Å². The van der Waals surface area contributed by atoms with E-state index in [1.165, 1.54) is 32.1 Å². The second-order valence-corrected chi connectivity index (χ2v) is 6.14. The number of carbonyl (C=O) groups excluding carboxylic acids is 1. The van der Waals surface area contributed by atoms with E-state index in [0.717, 1.165) is 37.9 Å². The molecule has 3 heteroatoms. The van der Waals surface area contributed by atoms with Gasteiger partial charge in [0.15, 0.2) is 0 Å². The largest absolute Gasteiger partial charge is 0.328 e. The smallest absolute Gasteiger partial charge is 0.240 e. The Morgan fingerprint density at radius 3 is 2.83 bits per heavy atom. The van der Waals surface area contributed by atoms with Crippen molar-refractivity contribution in [1.29, 1.82) is 0 Å². The summed E-state index contributed by atoms with van der Waals surface area (Å²) in [4.78, 5) is 14.3. The Kier molecular flexibility index (Phi) is 5.04. The second kappa shape index (κ2) is 6.55. The molecule has 0 spiro atoms. The van der Waals surface area contributed by atoms with Crippen LogP contribution in [0.5, 0.6) is 0 Å². The fourth-order valence-electron chi connectivity index (χ4n) is 3.34. The average molecular weight is 252 g/mol. The van der Waals surface area contributed by atoms with Crippen molar-refractivity contribution in [3.63, 3.8) is 0 Å². The van der Waals surface area contributed by atoms with Gasteiger partial charge in [0.25, 0.3) is 0 Å². The van der Waals surface area contributed by atoms with Gasteiger partial charge >= 0.3 is 0 Å². The van der Waals surface area contributed by atoms with E-state index >= 15 is 0 Å². The first-order chi connectivity index (χ1) is 8.72. The normalized spacial score (nSPS) is 33.1. The van der Waals surface area contributed by atoms with Gasteiger partial charge in [0.2, 0.25) is 5.91 Å². The van der Waals surface area contributed by atoms with Crippen molar-refractivity contribution in [3.05, 3.63) is 0 Å². The maximum absolute atomic E-state index is 12.3. The minimum Gasteiger partial charge on any atom is -0.328 e. The van der Waals surface area contributed by atoms with Gasteiger partial charge in [-0.1, -0.05) is 46.0 Å². The van der Waals surface area contributed by atoms with Gasteiger partial charge in [-0.3, -0.25) is 10.1 Å². The summed E-state index contributed by atoms with van der Waals surface area (Å²) in [6, 6.07) is 0.101. The van der Waals surface area contributed by atoms with Crippen molar-refractivity contribution in [2.45, 2.75) is 64.8 Å². The quantitative estimate of drug-likeness (QED) is 0.816. The zero-order valence-electron chi connectivity index (χ0n) is 12.0. The van der Waals surface area contributed by atoms with Gasteiger partial charge in [-0.2, -0.15) is 0 Å². The van der Waals surface area contributed by atoms with Crippen LogP contribution in [0, 0.1) is 11.8 Å². The van der Waals surface area contributed by atoms with Crippen LogP contribution in [-0.4, -0.2) is 30.1 Å². The van der Waals surface area contributed by atoms with Crippen LogP contribution in [-0.2, 0) is 4.79 Å². The van der Waals surface area contributed by atoms with E-state index in [0.29, 0.717) is 5.91 Å². The predicted molar refractivity (Wildman–Crippen MR) is 74.2 cm³/mol. The minimum absolute atomic E-state index is 0.101. The number of rotatable bonds is 5. The molecule has 0 aromatic carbocycles. The summed E-state index contributed by atoms with van der Waals surface area (Å²) in [5.74, 6) is 1.87. The summed E-state index contributed by atoms with van der Waals surface area (Å²) in [6.45, 7) is 6.29. The highest BCUT2D eigenvalue weighted by Gasteiger charge is 2.33. The summed E-state index contributed by atoms with van der Waals surface area (Å²) >= 11 is 0. The molecule has 1 saturated heterocycles. The van der Waals surface area contributed by atoms with Crippen LogP contribution in [0.25, 0.3) is 0 Å². The van der Waals surface area contributed by atoms with Crippen molar-refractivity contribution >= 4 is 5.91 Å². The fraction of sp³-hybridized carbons (Fsp3) is 0.933. The van der Waals surface area contributed by atoms with Crippen LogP contribution in [0.15, 0.2) is 0 Å². The molecule has 1 saturated carbocycles. The Labute approximate surface area is 111 Å². The molecule has 1 N–H and O–H groups in total. The molecule has 1 aliphatic carbocycles. The molecule has 2 rings (SSSR count). The monoisotopic (exact) mass is 252 g/mol. The van der Waals surface area contributed by atoms with E-state index in [2.05, 4.69) is 24.1 Å². The molecule has 0 bridgehead atoms. The maximum Gasteiger partial charge on any atom is 0.240 e. The highest BCUT2D eigenvalue weighted by Crippen LogP contribution is 2.30. The van der Waals surface area contributed by atoms with Crippen LogP contribution in [0.1, 0.15) is 58.8 Å². The summed E-state index contributed by atoms with van der Waals surface area (Å²) in [5.41, 5.74) is 0. The molecule has 1 amide bonds. The van der Waals surface area contributed by atoms with Gasteiger partial charge in [-0.05, 0) is 24.7 Å². The first-order valence-corrected chi connectivity index (χ1v) is 7.74. The van der Waals surface area contributed by atoms with Crippen molar-refractivity contribution in [2.24, 2.45) is 11.8 Å². The van der Waals surface area contributed by atoms with Crippen molar-refractivity contribution in [1.82, 2.24) is 10.2 Å². The molecule has 3 unspecified atom stereocenters. The van der Waals surface area contributed by atoms with E-state index < -0.39 is 0 Å². The van der Waals surface area contributed by atoms with Gasteiger partial charge in [-0.25, -0.2) is 0 Å². The maximum atomic E-state index is 12.3. The number of carbonyl (C=O) groups is 1. The second-order valence-electron chi connectivity index (χ2n) is 6.14. The zero-order valence-corrected chi connectivity index (χ0v) is 12.0. The van der Waals surface area contributed by atoms with E-state index in [1.54, 1.807) is 0 Å². The number of nitrogens with zero attached hydrogens (tertiary/aromatic N) is 1. The summed E-state index contributed by atoms with van der Waals surface area (Å²) < 4.78 is 0. The predicted octanol–water partition coefficient (Wildman–Crippen LogP) is 2.76. The fourth-order valence-corrected chi connectivity index (χ4v) is 3.34. The van der Waals surface area contributed by atoms with E-state index in [4.69, 9.17) is 0 Å². The number of hydrogen-bond acceptors (Lipinski definition) is 2. The SMILES string of the molecule is CCCCC1NCN(CC2CCCCC2C)C1=O. The summed E-state index contributed by atoms with van der Waals surface area (Å²) in [7, 11) is 0. The molecule has 3 nitrogen and oxygen atoms in total. The first kappa shape index (κ1) is 13.9. The third-order valence-corrected chi connectivity index (χ3v) is 4.73. The minimum atomic E-state index is 0.101. The topological polar surface area (TPSA) is 32.3 Å². The van der Waals surface area contributed by atoms with Gasteiger partial charge in [-0.15, -0.1) is 0 Å². The third-order valence-electron chi connectivity index (χ3n) is 4.73. The van der Waals surface area contributed by atoms with Gasteiger partial charge in [0.1, 0.15) is 0 Å². The molecule has 2 aliphatic rings. The molecule has 104 valence electrons. The Balaban J connectivity index is 1.81. The van der Waals surface area contributed by atoms with Crippen molar-refractivity contribution in [2.75, 3.05) is 13.2 Å². The van der Waals surface area contributed by atoms with E-state index in [9.17, 15) is 4.79 Å². The highest BCUT2D eigenvalue weighted by molar-refractivity contribution is 5.83. The summed E-state index contributed by atoms with van der Waals surface area (Å²) in [6.07, 6.45) is 8.71. The van der Waals surface area contributed by atoms with Crippen molar-refractivity contribution < 1.29 is 4.79 Å². The summed E-state index contributed by atoms with van der Waals surface area (Å²) in [5, 5.41) is 3.37. The lowest BCUT2D eigenvalue weighted by Gasteiger charge is -2.31. The molecular weight excluding hydrogens is 224 g/mol. The Bertz CT molecular complexity index is 280. The lowest BCUT2D eigenvalue weighted by molar-refractivity contribution is -0.129. The van der Waals surface area contributed by atoms with Gasteiger partial charge in [0.05, 0.1) is 12.7 Å². The first-order valence-electron chi connectivity index (χ1n) is 7.74. The zero-order chi connectivity index (χ0) is 13.0. The number of amides is 1. The average Bonchev–Trinajstić information content (AvgIpc) is 2.71.